The van der Waals surface area contributed by atoms with Crippen LogP contribution in [0.4, 0.5) is 0 Å². The number of amides is 1. The third kappa shape index (κ3) is 5.13. The highest BCUT2D eigenvalue weighted by Gasteiger charge is 2.41. The van der Waals surface area contributed by atoms with E-state index in [0.29, 0.717) is 30.3 Å². The van der Waals surface area contributed by atoms with Gasteiger partial charge in [-0.15, -0.1) is 12.4 Å². The van der Waals surface area contributed by atoms with Gasteiger partial charge in [-0.05, 0) is 55.9 Å². The molecule has 3 N–H and O–H groups in total. The second kappa shape index (κ2) is 7.82. The number of nitrogens with two attached hydrogens (primary N) is 1. The van der Waals surface area contributed by atoms with Crippen LogP contribution in [-0.4, -0.2) is 18.0 Å². The summed E-state index contributed by atoms with van der Waals surface area (Å²) < 4.78 is 0.985. The van der Waals surface area contributed by atoms with Crippen LogP contribution in [0.5, 0.6) is 0 Å². The molecule has 6 heteroatoms. The molecule has 1 aliphatic rings. The third-order valence-corrected chi connectivity index (χ3v) is 4.97. The summed E-state index contributed by atoms with van der Waals surface area (Å²) in [4.78, 5) is 12.1. The fourth-order valence-electron chi connectivity index (χ4n) is 2.40. The molecule has 118 valence electrons. The third-order valence-electron chi connectivity index (χ3n) is 3.96. The predicted octanol–water partition coefficient (Wildman–Crippen LogP) is 3.70. The summed E-state index contributed by atoms with van der Waals surface area (Å²) in [6, 6.07) is 5.62. The lowest BCUT2D eigenvalue weighted by Gasteiger charge is -2.29. The van der Waals surface area contributed by atoms with Crippen molar-refractivity contribution in [1.82, 2.24) is 5.32 Å². The summed E-state index contributed by atoms with van der Waals surface area (Å²) in [5.41, 5.74) is 6.61. The van der Waals surface area contributed by atoms with E-state index in [4.69, 9.17) is 17.3 Å². The standard InChI is InChI=1S/C15H20BrClN2O.ClH/c1-15(9-18,11-3-4-11)19-14(20)7-2-10-8-12(17)5-6-13(10)16;/h5-6,8,11H,2-4,7,9,18H2,1H3,(H,19,20);1H. The number of hydrogen-bond donors (Lipinski definition) is 2. The van der Waals surface area contributed by atoms with Crippen LogP contribution in [0.1, 0.15) is 31.7 Å². The Hall–Kier alpha value is -0.290. The molecular weight excluding hydrogens is 375 g/mol. The first-order valence-corrected chi connectivity index (χ1v) is 8.07. The monoisotopic (exact) mass is 394 g/mol. The topological polar surface area (TPSA) is 55.1 Å². The predicted molar refractivity (Wildman–Crippen MR) is 93.0 cm³/mol. The molecule has 0 saturated heterocycles. The number of carbonyl (C=O) groups excluding carboxylic acids is 1. The van der Waals surface area contributed by atoms with Gasteiger partial charge < -0.3 is 11.1 Å². The Kier molecular flexibility index (Phi) is 6.98. The zero-order valence-corrected chi connectivity index (χ0v) is 15.2. The number of aryl methyl sites for hydroxylation is 1. The van der Waals surface area contributed by atoms with Gasteiger partial charge >= 0.3 is 0 Å². The molecule has 3 nitrogen and oxygen atoms in total. The Balaban J connectivity index is 0.00000220. The molecule has 0 radical (unpaired) electrons. The van der Waals surface area contributed by atoms with E-state index < -0.39 is 0 Å². The molecule has 2 rings (SSSR count). The largest absolute Gasteiger partial charge is 0.349 e. The molecule has 1 saturated carbocycles. The average Bonchev–Trinajstić information content (AvgIpc) is 3.24. The van der Waals surface area contributed by atoms with Crippen molar-refractivity contribution in [2.75, 3.05) is 6.54 Å². The Morgan fingerprint density at radius 3 is 2.76 bits per heavy atom. The van der Waals surface area contributed by atoms with Gasteiger partial charge in [-0.1, -0.05) is 27.5 Å². The minimum absolute atomic E-state index is 0. The highest BCUT2D eigenvalue weighted by Crippen LogP contribution is 2.39. The Morgan fingerprint density at radius 1 is 1.52 bits per heavy atom. The van der Waals surface area contributed by atoms with Crippen molar-refractivity contribution < 1.29 is 4.79 Å². The molecule has 1 aromatic rings. The van der Waals surface area contributed by atoms with Crippen molar-refractivity contribution in [3.8, 4) is 0 Å². The van der Waals surface area contributed by atoms with Crippen molar-refractivity contribution in [2.45, 2.75) is 38.1 Å². The van der Waals surface area contributed by atoms with E-state index >= 15 is 0 Å². The van der Waals surface area contributed by atoms with Gasteiger partial charge in [0.15, 0.2) is 0 Å². The first-order valence-electron chi connectivity index (χ1n) is 6.89. The number of nitrogens with one attached hydrogen (secondary N) is 1. The molecule has 1 atom stereocenters. The fourth-order valence-corrected chi connectivity index (χ4v) is 3.04. The maximum absolute atomic E-state index is 12.1. The number of carbonyl (C=O) groups is 1. The summed E-state index contributed by atoms with van der Waals surface area (Å²) in [5.74, 6) is 0.589. The van der Waals surface area contributed by atoms with Gasteiger partial charge in [-0.3, -0.25) is 4.79 Å². The van der Waals surface area contributed by atoms with Crippen LogP contribution in [-0.2, 0) is 11.2 Å². The van der Waals surface area contributed by atoms with Crippen molar-refractivity contribution in [1.29, 1.82) is 0 Å². The van der Waals surface area contributed by atoms with E-state index in [-0.39, 0.29) is 23.9 Å². The molecule has 0 aliphatic heterocycles. The summed E-state index contributed by atoms with van der Waals surface area (Å²) in [6.45, 7) is 2.53. The number of halogens is 3. The Morgan fingerprint density at radius 2 is 2.19 bits per heavy atom. The van der Waals surface area contributed by atoms with Crippen LogP contribution < -0.4 is 11.1 Å². The van der Waals surface area contributed by atoms with E-state index in [1.165, 1.54) is 0 Å². The Bertz CT molecular complexity index is 508. The van der Waals surface area contributed by atoms with Gasteiger partial charge in [-0.2, -0.15) is 0 Å². The van der Waals surface area contributed by atoms with Gasteiger partial charge in [0.05, 0.1) is 5.54 Å². The molecule has 0 bridgehead atoms. The van der Waals surface area contributed by atoms with E-state index in [2.05, 4.69) is 21.2 Å². The van der Waals surface area contributed by atoms with E-state index in [1.54, 1.807) is 0 Å². The van der Waals surface area contributed by atoms with E-state index in [0.717, 1.165) is 22.9 Å². The van der Waals surface area contributed by atoms with Gasteiger partial charge in [0, 0.05) is 22.5 Å². The van der Waals surface area contributed by atoms with E-state index in [9.17, 15) is 4.79 Å². The maximum Gasteiger partial charge on any atom is 0.220 e. The van der Waals surface area contributed by atoms with Gasteiger partial charge in [0.25, 0.3) is 0 Å². The molecule has 1 amide bonds. The summed E-state index contributed by atoms with van der Waals surface area (Å²) in [5, 5.41) is 3.79. The molecular formula is C15H21BrCl2N2O. The SMILES string of the molecule is CC(CN)(NC(=O)CCc1cc(Cl)ccc1Br)C1CC1.Cl. The smallest absolute Gasteiger partial charge is 0.220 e. The molecule has 21 heavy (non-hydrogen) atoms. The van der Waals surface area contributed by atoms with Crippen molar-refractivity contribution in [2.24, 2.45) is 11.7 Å². The molecule has 1 fully saturated rings. The molecule has 1 aliphatic carbocycles. The second-order valence-corrected chi connectivity index (χ2v) is 6.97. The normalized spacial score (nSPS) is 16.8. The van der Waals surface area contributed by atoms with Crippen molar-refractivity contribution >= 4 is 45.8 Å². The number of hydrogen-bond acceptors (Lipinski definition) is 2. The minimum Gasteiger partial charge on any atom is -0.349 e. The minimum atomic E-state index is -0.247. The maximum atomic E-state index is 12.1. The summed E-state index contributed by atoms with van der Waals surface area (Å²) in [6.07, 6.45) is 3.43. The van der Waals surface area contributed by atoms with Gasteiger partial charge in [0.2, 0.25) is 5.91 Å². The molecule has 0 spiro atoms. The summed E-state index contributed by atoms with van der Waals surface area (Å²) >= 11 is 9.45. The molecule has 0 heterocycles. The van der Waals surface area contributed by atoms with Crippen LogP contribution in [0.25, 0.3) is 0 Å². The van der Waals surface area contributed by atoms with Gasteiger partial charge in [0.1, 0.15) is 0 Å². The lowest BCUT2D eigenvalue weighted by Crippen LogP contribution is -2.53. The zero-order chi connectivity index (χ0) is 14.8. The van der Waals surface area contributed by atoms with Crippen molar-refractivity contribution in [3.63, 3.8) is 0 Å². The summed E-state index contributed by atoms with van der Waals surface area (Å²) in [7, 11) is 0. The zero-order valence-electron chi connectivity index (χ0n) is 12.0. The fraction of sp³-hybridized carbons (Fsp3) is 0.533. The number of rotatable bonds is 6. The lowest BCUT2D eigenvalue weighted by atomic mass is 9.95. The van der Waals surface area contributed by atoms with Crippen LogP contribution in [0, 0.1) is 5.92 Å². The van der Waals surface area contributed by atoms with E-state index in [1.807, 2.05) is 25.1 Å². The first kappa shape index (κ1) is 18.8. The first-order chi connectivity index (χ1) is 9.44. The average molecular weight is 396 g/mol. The van der Waals surface area contributed by atoms with Crippen LogP contribution in [0.15, 0.2) is 22.7 Å². The molecule has 0 aromatic heterocycles. The number of benzene rings is 1. The highest BCUT2D eigenvalue weighted by atomic mass is 79.9. The van der Waals surface area contributed by atoms with Crippen LogP contribution >= 0.6 is 39.9 Å². The highest BCUT2D eigenvalue weighted by molar-refractivity contribution is 9.10. The lowest BCUT2D eigenvalue weighted by molar-refractivity contribution is -0.123. The quantitative estimate of drug-likeness (QED) is 0.771. The molecule has 1 unspecified atom stereocenters. The van der Waals surface area contributed by atoms with Crippen molar-refractivity contribution in [3.05, 3.63) is 33.3 Å². The second-order valence-electron chi connectivity index (χ2n) is 5.68. The van der Waals surface area contributed by atoms with Crippen LogP contribution in [0.3, 0.4) is 0 Å². The van der Waals surface area contributed by atoms with Crippen LogP contribution in [0.2, 0.25) is 5.02 Å². The Labute approximate surface area is 145 Å². The van der Waals surface area contributed by atoms with Gasteiger partial charge in [-0.25, -0.2) is 0 Å². The molecule has 1 aromatic carbocycles.